The van der Waals surface area contributed by atoms with Crippen LogP contribution in [0.1, 0.15) is 6.42 Å². The summed E-state index contributed by atoms with van der Waals surface area (Å²) in [7, 11) is 0. The second-order valence-electron chi connectivity index (χ2n) is 1.59. The van der Waals surface area contributed by atoms with Crippen molar-refractivity contribution < 1.29 is 0 Å². The van der Waals surface area contributed by atoms with Crippen LogP contribution in [0, 0.1) is 0 Å². The molecule has 1 fully saturated rings. The van der Waals surface area contributed by atoms with Gasteiger partial charge in [-0.25, -0.2) is 0 Å². The van der Waals surface area contributed by atoms with Crippen molar-refractivity contribution >= 4 is 15.9 Å². The molecule has 0 aliphatic carbocycles. The van der Waals surface area contributed by atoms with Crippen molar-refractivity contribution in [3.63, 3.8) is 0 Å². The maximum absolute atomic E-state index is 3.48. The molecule has 0 radical (unpaired) electrons. The second kappa shape index (κ2) is 1.94. The topological polar surface area (TPSA) is 12.0 Å². The number of nitrogens with one attached hydrogen (secondary N) is 1. The molecule has 1 heterocycles. The Labute approximate surface area is 46.2 Å². The Morgan fingerprint density at radius 1 is 1.67 bits per heavy atom. The minimum atomic E-state index is 0.748. The van der Waals surface area contributed by atoms with Crippen LogP contribution in [-0.4, -0.2) is 17.9 Å². The highest BCUT2D eigenvalue weighted by atomic mass is 79.9. The van der Waals surface area contributed by atoms with Crippen molar-refractivity contribution in [2.24, 2.45) is 0 Å². The maximum Gasteiger partial charge on any atom is 0.0282 e. The summed E-state index contributed by atoms with van der Waals surface area (Å²) >= 11 is 3.48. The summed E-state index contributed by atoms with van der Waals surface area (Å²) in [6.07, 6.45) is 1.29. The van der Waals surface area contributed by atoms with Crippen molar-refractivity contribution in [3.8, 4) is 0 Å². The minimum absolute atomic E-state index is 0.748. The Morgan fingerprint density at radius 3 is 2.67 bits per heavy atom. The quantitative estimate of drug-likeness (QED) is 0.502. The summed E-state index contributed by atoms with van der Waals surface area (Å²) in [6, 6.07) is 0. The molecule has 6 heavy (non-hydrogen) atoms. The molecule has 0 saturated carbocycles. The molecular formula is C4H8BrN. The lowest BCUT2D eigenvalue weighted by molar-refractivity contribution is 0.859. The monoisotopic (exact) mass is 149 g/mol. The van der Waals surface area contributed by atoms with Gasteiger partial charge in [-0.15, -0.1) is 0 Å². The van der Waals surface area contributed by atoms with E-state index in [4.69, 9.17) is 0 Å². The van der Waals surface area contributed by atoms with E-state index in [0.29, 0.717) is 0 Å². The van der Waals surface area contributed by atoms with Crippen LogP contribution in [0.15, 0.2) is 0 Å². The smallest absolute Gasteiger partial charge is 0.0282 e. The number of alkyl halides is 1. The van der Waals surface area contributed by atoms with Gasteiger partial charge in [0, 0.05) is 11.4 Å². The molecular weight excluding hydrogens is 142 g/mol. The molecule has 1 nitrogen and oxygen atoms in total. The molecule has 1 rings (SSSR count). The van der Waals surface area contributed by atoms with Gasteiger partial charge in [-0.05, 0) is 13.0 Å². The van der Waals surface area contributed by atoms with Crippen LogP contribution in [-0.2, 0) is 0 Å². The van der Waals surface area contributed by atoms with Crippen LogP contribution >= 0.6 is 15.9 Å². The lowest BCUT2D eigenvalue weighted by Crippen LogP contribution is -2.07. The average molecular weight is 150 g/mol. The largest absolute Gasteiger partial charge is 0.316 e. The molecule has 0 aromatic carbocycles. The summed E-state index contributed by atoms with van der Waals surface area (Å²) in [5.41, 5.74) is 0. The first-order chi connectivity index (χ1) is 2.89. The van der Waals surface area contributed by atoms with Crippen molar-refractivity contribution in [2.75, 3.05) is 13.1 Å². The Balaban J connectivity index is 2.18. The van der Waals surface area contributed by atoms with Crippen LogP contribution in [0.5, 0.6) is 0 Å². The summed E-state index contributed by atoms with van der Waals surface area (Å²) in [5, 5.41) is 3.23. The zero-order valence-corrected chi connectivity index (χ0v) is 5.16. The zero-order valence-electron chi connectivity index (χ0n) is 3.58. The van der Waals surface area contributed by atoms with Gasteiger partial charge in [0.2, 0.25) is 0 Å². The van der Waals surface area contributed by atoms with Crippen molar-refractivity contribution in [3.05, 3.63) is 0 Å². The lowest BCUT2D eigenvalue weighted by atomic mass is 10.4. The van der Waals surface area contributed by atoms with Crippen LogP contribution in [0.3, 0.4) is 0 Å². The van der Waals surface area contributed by atoms with E-state index in [9.17, 15) is 0 Å². The van der Waals surface area contributed by atoms with Crippen LogP contribution in [0.4, 0.5) is 0 Å². The van der Waals surface area contributed by atoms with E-state index in [1.54, 1.807) is 0 Å². The molecule has 1 aliphatic rings. The number of hydrogen-bond donors (Lipinski definition) is 1. The third-order valence-electron chi connectivity index (χ3n) is 1.00. The fourth-order valence-electron chi connectivity index (χ4n) is 0.619. The van der Waals surface area contributed by atoms with Gasteiger partial charge in [0.05, 0.1) is 0 Å². The lowest BCUT2D eigenvalue weighted by Gasteiger charge is -1.88. The van der Waals surface area contributed by atoms with Crippen LogP contribution in [0.25, 0.3) is 0 Å². The molecule has 1 aliphatic heterocycles. The van der Waals surface area contributed by atoms with Gasteiger partial charge >= 0.3 is 0 Å². The summed E-state index contributed by atoms with van der Waals surface area (Å²) in [4.78, 5) is 0.748. The van der Waals surface area contributed by atoms with E-state index in [2.05, 4.69) is 21.2 Å². The molecule has 0 aromatic heterocycles. The summed E-state index contributed by atoms with van der Waals surface area (Å²) in [6.45, 7) is 2.34. The fourth-order valence-corrected chi connectivity index (χ4v) is 1.08. The Morgan fingerprint density at radius 2 is 2.50 bits per heavy atom. The predicted molar refractivity (Wildman–Crippen MR) is 30.2 cm³/mol. The van der Waals surface area contributed by atoms with Gasteiger partial charge in [-0.3, -0.25) is 0 Å². The SMILES string of the molecule is Br[C@H]1CCNC1. The van der Waals surface area contributed by atoms with Crippen LogP contribution in [0.2, 0.25) is 0 Å². The van der Waals surface area contributed by atoms with E-state index >= 15 is 0 Å². The molecule has 1 saturated heterocycles. The molecule has 0 aromatic rings. The Kier molecular flexibility index (Phi) is 1.48. The van der Waals surface area contributed by atoms with Crippen molar-refractivity contribution in [1.82, 2.24) is 5.32 Å². The van der Waals surface area contributed by atoms with Gasteiger partial charge in [-0.1, -0.05) is 15.9 Å². The molecule has 1 atom stereocenters. The highest BCUT2D eigenvalue weighted by Gasteiger charge is 2.07. The van der Waals surface area contributed by atoms with Gasteiger partial charge < -0.3 is 5.32 Å². The minimum Gasteiger partial charge on any atom is -0.316 e. The van der Waals surface area contributed by atoms with Gasteiger partial charge in [0.1, 0.15) is 0 Å². The first-order valence-corrected chi connectivity index (χ1v) is 3.16. The van der Waals surface area contributed by atoms with Crippen molar-refractivity contribution in [1.29, 1.82) is 0 Å². The van der Waals surface area contributed by atoms with E-state index in [0.717, 1.165) is 11.4 Å². The molecule has 0 bridgehead atoms. The van der Waals surface area contributed by atoms with E-state index < -0.39 is 0 Å². The van der Waals surface area contributed by atoms with E-state index in [1.807, 2.05) is 0 Å². The van der Waals surface area contributed by atoms with Crippen LogP contribution < -0.4 is 5.32 Å². The first kappa shape index (κ1) is 4.60. The zero-order chi connectivity index (χ0) is 4.41. The number of hydrogen-bond acceptors (Lipinski definition) is 1. The molecule has 0 unspecified atom stereocenters. The molecule has 2 heteroatoms. The highest BCUT2D eigenvalue weighted by Crippen LogP contribution is 2.06. The summed E-state index contributed by atoms with van der Waals surface area (Å²) < 4.78 is 0. The highest BCUT2D eigenvalue weighted by molar-refractivity contribution is 9.09. The van der Waals surface area contributed by atoms with Gasteiger partial charge in [-0.2, -0.15) is 0 Å². The third-order valence-corrected chi connectivity index (χ3v) is 1.78. The third kappa shape index (κ3) is 0.949. The summed E-state index contributed by atoms with van der Waals surface area (Å²) in [5.74, 6) is 0. The average Bonchev–Trinajstić information content (AvgIpc) is 1.86. The molecule has 36 valence electrons. The van der Waals surface area contributed by atoms with Gasteiger partial charge in [0.15, 0.2) is 0 Å². The second-order valence-corrected chi connectivity index (χ2v) is 2.89. The van der Waals surface area contributed by atoms with E-state index in [-0.39, 0.29) is 0 Å². The fraction of sp³-hybridized carbons (Fsp3) is 1.00. The standard InChI is InChI=1S/C4H8BrN/c5-4-1-2-6-3-4/h4,6H,1-3H2/t4-/m0/s1. The molecule has 0 spiro atoms. The van der Waals surface area contributed by atoms with Gasteiger partial charge in [0.25, 0.3) is 0 Å². The molecule has 1 N–H and O–H groups in total. The molecule has 0 amide bonds. The number of rotatable bonds is 0. The van der Waals surface area contributed by atoms with Crippen molar-refractivity contribution in [2.45, 2.75) is 11.2 Å². The van der Waals surface area contributed by atoms with E-state index in [1.165, 1.54) is 13.0 Å². The Hall–Kier alpha value is 0.440. The first-order valence-electron chi connectivity index (χ1n) is 2.24. The number of halogens is 1. The predicted octanol–water partition coefficient (Wildman–Crippen LogP) is 0.743. The Bertz CT molecular complexity index is 40.8. The normalized spacial score (nSPS) is 34.5. The maximum atomic E-state index is 3.48.